The average Bonchev–Trinajstić information content (AvgIpc) is 2.03. The highest BCUT2D eigenvalue weighted by molar-refractivity contribution is 4.94. The monoisotopic (exact) mass is 198 g/mol. The van der Waals surface area contributed by atoms with Crippen molar-refractivity contribution in [2.75, 3.05) is 27.3 Å². The van der Waals surface area contributed by atoms with Gasteiger partial charge < -0.3 is 5.32 Å². The second kappa shape index (κ2) is 8.01. The summed E-state index contributed by atoms with van der Waals surface area (Å²) >= 11 is 0. The van der Waals surface area contributed by atoms with Gasteiger partial charge in [0.1, 0.15) is 0 Å². The summed E-state index contributed by atoms with van der Waals surface area (Å²) in [6, 6.07) is 0. The Balaban J connectivity index is 3.44. The molecule has 1 N–H and O–H groups in total. The standard InChI is InChI=1S/C12H26N2/c1-6-7-11(2)8-12(3)9-13-10-14(4)5/h12-13H,2,6-10H2,1,3-5H3. The third-order valence-corrected chi connectivity index (χ3v) is 2.16. The van der Waals surface area contributed by atoms with E-state index in [9.17, 15) is 0 Å². The summed E-state index contributed by atoms with van der Waals surface area (Å²) in [5, 5.41) is 3.42. The van der Waals surface area contributed by atoms with Crippen molar-refractivity contribution in [1.29, 1.82) is 0 Å². The fourth-order valence-corrected chi connectivity index (χ4v) is 1.56. The predicted molar refractivity (Wildman–Crippen MR) is 64.4 cm³/mol. The summed E-state index contributed by atoms with van der Waals surface area (Å²) in [6.45, 7) is 10.6. The molecule has 0 aliphatic rings. The fourth-order valence-electron chi connectivity index (χ4n) is 1.56. The van der Waals surface area contributed by atoms with Crippen molar-refractivity contribution in [3.8, 4) is 0 Å². The van der Waals surface area contributed by atoms with Crippen molar-refractivity contribution in [2.24, 2.45) is 5.92 Å². The third kappa shape index (κ3) is 8.27. The number of hydrogen-bond donors (Lipinski definition) is 1. The van der Waals surface area contributed by atoms with Gasteiger partial charge in [0.2, 0.25) is 0 Å². The van der Waals surface area contributed by atoms with Gasteiger partial charge in [-0.15, -0.1) is 0 Å². The Morgan fingerprint density at radius 2 is 2.07 bits per heavy atom. The summed E-state index contributed by atoms with van der Waals surface area (Å²) in [5.74, 6) is 0.703. The number of nitrogens with zero attached hydrogens (tertiary/aromatic N) is 1. The molecule has 1 unspecified atom stereocenters. The van der Waals surface area contributed by atoms with Gasteiger partial charge in [0, 0.05) is 6.67 Å². The SMILES string of the molecule is C=C(CCC)CC(C)CNCN(C)C. The molecule has 0 radical (unpaired) electrons. The molecule has 0 aliphatic heterocycles. The van der Waals surface area contributed by atoms with E-state index in [1.165, 1.54) is 18.4 Å². The first-order valence-corrected chi connectivity index (χ1v) is 5.58. The van der Waals surface area contributed by atoms with Gasteiger partial charge in [-0.2, -0.15) is 0 Å². The third-order valence-electron chi connectivity index (χ3n) is 2.16. The Hall–Kier alpha value is -0.340. The zero-order valence-corrected chi connectivity index (χ0v) is 10.3. The summed E-state index contributed by atoms with van der Waals surface area (Å²) in [4.78, 5) is 2.15. The van der Waals surface area contributed by atoms with E-state index in [0.29, 0.717) is 5.92 Å². The van der Waals surface area contributed by atoms with Gasteiger partial charge >= 0.3 is 0 Å². The van der Waals surface area contributed by atoms with Crippen molar-refractivity contribution in [3.63, 3.8) is 0 Å². The largest absolute Gasteiger partial charge is 0.304 e. The Labute approximate surface area is 89.4 Å². The van der Waals surface area contributed by atoms with E-state index < -0.39 is 0 Å². The van der Waals surface area contributed by atoms with Crippen LogP contribution in [0.25, 0.3) is 0 Å². The van der Waals surface area contributed by atoms with Crippen molar-refractivity contribution in [3.05, 3.63) is 12.2 Å². The molecule has 0 aliphatic carbocycles. The molecule has 0 rings (SSSR count). The number of allylic oxidation sites excluding steroid dienone is 1. The lowest BCUT2D eigenvalue weighted by atomic mass is 9.99. The van der Waals surface area contributed by atoms with Crippen LogP contribution in [-0.4, -0.2) is 32.2 Å². The second-order valence-electron chi connectivity index (χ2n) is 4.50. The van der Waals surface area contributed by atoms with Crippen molar-refractivity contribution in [1.82, 2.24) is 10.2 Å². The highest BCUT2D eigenvalue weighted by atomic mass is 15.2. The normalized spacial score (nSPS) is 13.2. The molecular weight excluding hydrogens is 172 g/mol. The number of nitrogens with one attached hydrogen (secondary N) is 1. The maximum Gasteiger partial charge on any atom is 0.0474 e. The molecule has 0 aromatic carbocycles. The van der Waals surface area contributed by atoms with E-state index in [-0.39, 0.29) is 0 Å². The maximum atomic E-state index is 4.09. The molecule has 0 saturated carbocycles. The highest BCUT2D eigenvalue weighted by Gasteiger charge is 2.03. The van der Waals surface area contributed by atoms with Crippen LogP contribution in [0.1, 0.15) is 33.1 Å². The molecule has 0 saturated heterocycles. The zero-order valence-electron chi connectivity index (χ0n) is 10.3. The lowest BCUT2D eigenvalue weighted by Crippen LogP contribution is -2.31. The molecule has 2 nitrogen and oxygen atoms in total. The lowest BCUT2D eigenvalue weighted by Gasteiger charge is -2.16. The van der Waals surface area contributed by atoms with Crippen LogP contribution in [-0.2, 0) is 0 Å². The van der Waals surface area contributed by atoms with E-state index in [1.807, 2.05) is 0 Å². The first kappa shape index (κ1) is 13.7. The fraction of sp³-hybridized carbons (Fsp3) is 0.833. The smallest absolute Gasteiger partial charge is 0.0474 e. The Morgan fingerprint density at radius 1 is 1.43 bits per heavy atom. The lowest BCUT2D eigenvalue weighted by molar-refractivity contribution is 0.350. The van der Waals surface area contributed by atoms with Gasteiger partial charge in [0.05, 0.1) is 0 Å². The zero-order chi connectivity index (χ0) is 11.0. The highest BCUT2D eigenvalue weighted by Crippen LogP contribution is 2.13. The van der Waals surface area contributed by atoms with Gasteiger partial charge in [-0.05, 0) is 39.4 Å². The van der Waals surface area contributed by atoms with E-state index in [2.05, 4.69) is 44.7 Å². The maximum absolute atomic E-state index is 4.09. The van der Waals surface area contributed by atoms with E-state index in [0.717, 1.165) is 19.6 Å². The van der Waals surface area contributed by atoms with E-state index >= 15 is 0 Å². The topological polar surface area (TPSA) is 15.3 Å². The van der Waals surface area contributed by atoms with E-state index in [4.69, 9.17) is 0 Å². The summed E-state index contributed by atoms with van der Waals surface area (Å²) in [6.07, 6.45) is 3.56. The molecule has 0 heterocycles. The van der Waals surface area contributed by atoms with Crippen LogP contribution < -0.4 is 5.32 Å². The van der Waals surface area contributed by atoms with Crippen LogP contribution in [0.2, 0.25) is 0 Å². The van der Waals surface area contributed by atoms with Crippen LogP contribution in [0, 0.1) is 5.92 Å². The molecule has 2 heteroatoms. The molecule has 14 heavy (non-hydrogen) atoms. The quantitative estimate of drug-likeness (QED) is 0.476. The predicted octanol–water partition coefficient (Wildman–Crippen LogP) is 2.48. The van der Waals surface area contributed by atoms with Gasteiger partial charge in [0.25, 0.3) is 0 Å². The molecular formula is C12H26N2. The second-order valence-corrected chi connectivity index (χ2v) is 4.50. The minimum Gasteiger partial charge on any atom is -0.304 e. The molecule has 1 atom stereocenters. The first-order valence-electron chi connectivity index (χ1n) is 5.58. The molecule has 0 aromatic rings. The van der Waals surface area contributed by atoms with Gasteiger partial charge in [-0.25, -0.2) is 0 Å². The van der Waals surface area contributed by atoms with Gasteiger partial charge in [-0.1, -0.05) is 32.4 Å². The minimum atomic E-state index is 0.703. The first-order chi connectivity index (χ1) is 6.56. The van der Waals surface area contributed by atoms with Crippen molar-refractivity contribution in [2.45, 2.75) is 33.1 Å². The van der Waals surface area contributed by atoms with Crippen LogP contribution >= 0.6 is 0 Å². The van der Waals surface area contributed by atoms with Gasteiger partial charge in [-0.3, -0.25) is 4.90 Å². The Bertz CT molecular complexity index is 152. The molecule has 0 aromatic heterocycles. The number of hydrogen-bond acceptors (Lipinski definition) is 2. The average molecular weight is 198 g/mol. The molecule has 0 fully saturated rings. The Morgan fingerprint density at radius 3 is 2.57 bits per heavy atom. The number of rotatable bonds is 8. The summed E-state index contributed by atoms with van der Waals surface area (Å²) in [5.41, 5.74) is 1.40. The summed E-state index contributed by atoms with van der Waals surface area (Å²) in [7, 11) is 4.15. The molecule has 0 spiro atoms. The van der Waals surface area contributed by atoms with Crippen LogP contribution in [0.15, 0.2) is 12.2 Å². The van der Waals surface area contributed by atoms with Crippen LogP contribution in [0.5, 0.6) is 0 Å². The van der Waals surface area contributed by atoms with Crippen LogP contribution in [0.3, 0.4) is 0 Å². The van der Waals surface area contributed by atoms with Crippen molar-refractivity contribution >= 4 is 0 Å². The minimum absolute atomic E-state index is 0.703. The van der Waals surface area contributed by atoms with Crippen LogP contribution in [0.4, 0.5) is 0 Å². The molecule has 84 valence electrons. The van der Waals surface area contributed by atoms with E-state index in [1.54, 1.807) is 0 Å². The van der Waals surface area contributed by atoms with Gasteiger partial charge in [0.15, 0.2) is 0 Å². The molecule has 0 amide bonds. The Kier molecular flexibility index (Phi) is 7.81. The van der Waals surface area contributed by atoms with Crippen molar-refractivity contribution < 1.29 is 0 Å². The molecule has 0 bridgehead atoms. The summed E-state index contributed by atoms with van der Waals surface area (Å²) < 4.78 is 0.